The first-order valence-electron chi connectivity index (χ1n) is 3.60. The fraction of sp³-hybridized carbons (Fsp3) is 1.00. The van der Waals surface area contributed by atoms with Crippen LogP contribution in [0.15, 0.2) is 0 Å². The third kappa shape index (κ3) is 7.06. The molecule has 0 heterocycles. The summed E-state index contributed by atoms with van der Waals surface area (Å²) in [6, 6.07) is 0. The molecule has 0 saturated carbocycles. The van der Waals surface area contributed by atoms with E-state index in [1.54, 1.807) is 0 Å². The van der Waals surface area contributed by atoms with Gasteiger partial charge in [0.15, 0.2) is 8.07 Å². The Morgan fingerprint density at radius 3 is 1.06 bits per heavy atom. The molecule has 0 aromatic carbocycles. The summed E-state index contributed by atoms with van der Waals surface area (Å²) >= 11 is 0. The van der Waals surface area contributed by atoms with Crippen molar-refractivity contribution in [2.24, 2.45) is 0 Å². The molecule has 0 aliphatic rings. The maximum absolute atomic E-state index is 11.6. The summed E-state index contributed by atoms with van der Waals surface area (Å²) in [5.41, 5.74) is -5.53. The highest BCUT2D eigenvalue weighted by atomic mass is 32.2. The van der Waals surface area contributed by atoms with E-state index in [2.05, 4.69) is 0 Å². The molecule has 0 rings (SSSR count). The van der Waals surface area contributed by atoms with Crippen molar-refractivity contribution in [1.29, 1.82) is 0 Å². The predicted molar refractivity (Wildman–Crippen MR) is 47.0 cm³/mol. The molecule has 0 spiro atoms. The summed E-state index contributed by atoms with van der Waals surface area (Å²) in [5, 5.41) is 0. The van der Waals surface area contributed by atoms with E-state index in [1.165, 1.54) is 19.6 Å². The standard InChI is InChI=1S/C4H9F3Si.CHF3O3S/c1-8(2,3)4(5,6)7;2-1(3,4)8(5,6)7/h1-3H3;(H,5,6,7). The Balaban J connectivity index is 0. The van der Waals surface area contributed by atoms with E-state index in [9.17, 15) is 26.3 Å². The van der Waals surface area contributed by atoms with Crippen LogP contribution in [0.4, 0.5) is 26.3 Å². The van der Waals surface area contributed by atoms with E-state index in [4.69, 9.17) is 13.0 Å². The van der Waals surface area contributed by atoms with Gasteiger partial charge in [0.25, 0.3) is 0 Å². The van der Waals surface area contributed by atoms with Gasteiger partial charge in [0.05, 0.1) is 0 Å². The summed E-state index contributed by atoms with van der Waals surface area (Å²) < 4.78 is 92.4. The Morgan fingerprint density at radius 1 is 0.938 bits per heavy atom. The van der Waals surface area contributed by atoms with Crippen molar-refractivity contribution in [3.05, 3.63) is 0 Å². The van der Waals surface area contributed by atoms with Gasteiger partial charge in [-0.05, 0) is 0 Å². The Kier molecular flexibility index (Phi) is 5.56. The van der Waals surface area contributed by atoms with Gasteiger partial charge in [0.1, 0.15) is 0 Å². The second kappa shape index (κ2) is 4.92. The van der Waals surface area contributed by atoms with Crippen LogP contribution < -0.4 is 0 Å². The maximum atomic E-state index is 11.6. The van der Waals surface area contributed by atoms with E-state index >= 15 is 0 Å². The van der Waals surface area contributed by atoms with E-state index < -0.39 is 29.5 Å². The quantitative estimate of drug-likeness (QED) is 0.323. The van der Waals surface area contributed by atoms with Crippen LogP contribution in [0.25, 0.3) is 0 Å². The number of alkyl halides is 6. The Hall–Kier alpha value is -0.293. The molecule has 100 valence electrons. The van der Waals surface area contributed by atoms with Gasteiger partial charge in [-0.2, -0.15) is 34.8 Å². The number of rotatable bonds is 0. The molecule has 0 aliphatic carbocycles. The molecule has 11 heteroatoms. The fourth-order valence-corrected chi connectivity index (χ4v) is 0. The third-order valence-corrected chi connectivity index (χ3v) is 3.43. The Morgan fingerprint density at radius 2 is 1.06 bits per heavy atom. The molecule has 0 saturated heterocycles. The van der Waals surface area contributed by atoms with Crippen molar-refractivity contribution in [3.63, 3.8) is 0 Å². The Bertz CT molecular complexity index is 299. The predicted octanol–water partition coefficient (Wildman–Crippen LogP) is 2.82. The lowest BCUT2D eigenvalue weighted by atomic mass is 11.5. The third-order valence-electron chi connectivity index (χ3n) is 1.14. The van der Waals surface area contributed by atoms with Crippen LogP contribution in [0.1, 0.15) is 0 Å². The number of halogens is 6. The summed E-state index contributed by atoms with van der Waals surface area (Å²) in [4.78, 5) is 0. The first kappa shape index (κ1) is 18.1. The van der Waals surface area contributed by atoms with Crippen LogP contribution in [0.3, 0.4) is 0 Å². The normalized spacial score (nSPS) is 14.1. The molecule has 0 bridgehead atoms. The van der Waals surface area contributed by atoms with Crippen LogP contribution in [0.2, 0.25) is 19.6 Å². The lowest BCUT2D eigenvalue weighted by Gasteiger charge is -2.19. The fourth-order valence-electron chi connectivity index (χ4n) is 0. The lowest BCUT2D eigenvalue weighted by Crippen LogP contribution is -2.40. The van der Waals surface area contributed by atoms with Gasteiger partial charge in [-0.15, -0.1) is 0 Å². The number of hydrogen-bond donors (Lipinski definition) is 1. The molecular weight excluding hydrogens is 282 g/mol. The maximum Gasteiger partial charge on any atom is 0.522 e. The second-order valence-electron chi connectivity index (χ2n) is 3.67. The zero-order valence-corrected chi connectivity index (χ0v) is 10.3. The van der Waals surface area contributed by atoms with Crippen molar-refractivity contribution >= 4 is 18.2 Å². The molecule has 1 N–H and O–H groups in total. The van der Waals surface area contributed by atoms with Crippen LogP contribution >= 0.6 is 0 Å². The summed E-state index contributed by atoms with van der Waals surface area (Å²) in [6.45, 7) is 3.85. The highest BCUT2D eigenvalue weighted by molar-refractivity contribution is 7.86. The van der Waals surface area contributed by atoms with E-state index in [0.29, 0.717) is 0 Å². The van der Waals surface area contributed by atoms with Gasteiger partial charge in [0, 0.05) is 0 Å². The highest BCUT2D eigenvalue weighted by Crippen LogP contribution is 2.27. The minimum Gasteiger partial charge on any atom is -0.279 e. The van der Waals surface area contributed by atoms with Crippen LogP contribution in [-0.2, 0) is 10.1 Å². The smallest absolute Gasteiger partial charge is 0.279 e. The zero-order chi connectivity index (χ0) is 14.0. The van der Waals surface area contributed by atoms with Gasteiger partial charge < -0.3 is 0 Å². The summed E-state index contributed by atoms with van der Waals surface area (Å²) in [7, 11) is -8.70. The molecule has 0 amide bonds. The van der Waals surface area contributed by atoms with Crippen LogP contribution in [-0.4, -0.2) is 32.4 Å². The van der Waals surface area contributed by atoms with Gasteiger partial charge >= 0.3 is 21.4 Å². The molecule has 3 nitrogen and oxygen atoms in total. The van der Waals surface area contributed by atoms with E-state index in [1.807, 2.05) is 0 Å². The molecule has 0 aromatic rings. The molecule has 0 aromatic heterocycles. The van der Waals surface area contributed by atoms with Crippen molar-refractivity contribution in [2.75, 3.05) is 0 Å². The zero-order valence-electron chi connectivity index (χ0n) is 8.44. The average molecular weight is 292 g/mol. The topological polar surface area (TPSA) is 54.4 Å². The van der Waals surface area contributed by atoms with Crippen molar-refractivity contribution in [1.82, 2.24) is 0 Å². The molecule has 0 fully saturated rings. The summed E-state index contributed by atoms with van der Waals surface area (Å²) in [6.07, 6.45) is 0. The lowest BCUT2D eigenvalue weighted by molar-refractivity contribution is -0.0553. The van der Waals surface area contributed by atoms with Gasteiger partial charge in [0.2, 0.25) is 0 Å². The second-order valence-corrected chi connectivity index (χ2v) is 10.1. The molecular formula is C5H10F6O3SSi. The van der Waals surface area contributed by atoms with Crippen molar-refractivity contribution in [2.45, 2.75) is 30.9 Å². The number of hydrogen-bond acceptors (Lipinski definition) is 2. The minimum atomic E-state index is -5.84. The van der Waals surface area contributed by atoms with Gasteiger partial charge in [-0.3, -0.25) is 4.55 Å². The molecule has 0 atom stereocenters. The van der Waals surface area contributed by atoms with E-state index in [-0.39, 0.29) is 0 Å². The summed E-state index contributed by atoms with van der Waals surface area (Å²) in [5.74, 6) is -3.92. The van der Waals surface area contributed by atoms with Crippen molar-refractivity contribution in [3.8, 4) is 0 Å². The molecule has 0 radical (unpaired) electrons. The highest BCUT2D eigenvalue weighted by Gasteiger charge is 2.45. The average Bonchev–Trinajstić information content (AvgIpc) is 1.77. The Labute approximate surface area is 89.2 Å². The molecule has 0 unspecified atom stereocenters. The monoisotopic (exact) mass is 292 g/mol. The van der Waals surface area contributed by atoms with Crippen LogP contribution in [0.5, 0.6) is 0 Å². The van der Waals surface area contributed by atoms with Crippen LogP contribution in [0, 0.1) is 0 Å². The first-order valence-corrected chi connectivity index (χ1v) is 8.54. The molecule has 16 heavy (non-hydrogen) atoms. The largest absolute Gasteiger partial charge is 0.522 e. The van der Waals surface area contributed by atoms with Crippen molar-refractivity contribution < 1.29 is 39.3 Å². The first-order chi connectivity index (χ1) is 6.50. The SMILES string of the molecule is C[Si](C)(C)C(F)(F)F.O=S(=O)(O)C(F)(F)F. The minimum absolute atomic E-state index is 1.28. The van der Waals surface area contributed by atoms with E-state index in [0.717, 1.165) is 0 Å². The van der Waals surface area contributed by atoms with Gasteiger partial charge in [-0.1, -0.05) is 19.6 Å². The molecule has 0 aliphatic heterocycles. The van der Waals surface area contributed by atoms with Gasteiger partial charge in [-0.25, -0.2) is 0 Å².